The van der Waals surface area contributed by atoms with Crippen molar-refractivity contribution in [3.63, 3.8) is 0 Å². The number of nitrogens with zero attached hydrogens (tertiary/aromatic N) is 1. The highest BCUT2D eigenvalue weighted by Gasteiger charge is 2.02. The molecule has 4 heteroatoms. The predicted molar refractivity (Wildman–Crippen MR) is 80.9 cm³/mol. The summed E-state index contributed by atoms with van der Waals surface area (Å²) in [6.45, 7) is 0. The molecule has 0 amide bonds. The van der Waals surface area contributed by atoms with Crippen molar-refractivity contribution in [3.8, 4) is 0 Å². The van der Waals surface area contributed by atoms with Crippen LogP contribution in [0.1, 0.15) is 0 Å². The zero-order valence-corrected chi connectivity index (χ0v) is 10.9. The standard InChI is InChI=1S/C15H12ClN3/c16-11-3-5-15(13(17)9-11)19-12-4-6-14-10(8-12)2-1-7-18-14/h1-9,19H,17H2. The summed E-state index contributed by atoms with van der Waals surface area (Å²) >= 11 is 5.88. The summed E-state index contributed by atoms with van der Waals surface area (Å²) in [4.78, 5) is 4.29. The van der Waals surface area contributed by atoms with Crippen LogP contribution in [-0.4, -0.2) is 4.98 Å². The highest BCUT2D eigenvalue weighted by Crippen LogP contribution is 2.27. The van der Waals surface area contributed by atoms with E-state index in [1.165, 1.54) is 0 Å². The van der Waals surface area contributed by atoms with Gasteiger partial charge in [0, 0.05) is 22.3 Å². The van der Waals surface area contributed by atoms with E-state index < -0.39 is 0 Å². The Hall–Kier alpha value is -2.26. The molecular formula is C15H12ClN3. The largest absolute Gasteiger partial charge is 0.397 e. The summed E-state index contributed by atoms with van der Waals surface area (Å²) in [5, 5.41) is 4.99. The van der Waals surface area contributed by atoms with Gasteiger partial charge in [0.2, 0.25) is 0 Å². The number of benzene rings is 2. The zero-order chi connectivity index (χ0) is 13.2. The van der Waals surface area contributed by atoms with Gasteiger partial charge in [-0.1, -0.05) is 17.7 Å². The number of anilines is 3. The molecule has 0 atom stereocenters. The molecule has 3 N–H and O–H groups in total. The van der Waals surface area contributed by atoms with Crippen LogP contribution >= 0.6 is 11.6 Å². The number of aromatic nitrogens is 1. The quantitative estimate of drug-likeness (QED) is 0.685. The zero-order valence-electron chi connectivity index (χ0n) is 10.1. The number of hydrogen-bond donors (Lipinski definition) is 2. The van der Waals surface area contributed by atoms with Gasteiger partial charge in [0.15, 0.2) is 0 Å². The molecule has 1 aromatic heterocycles. The molecule has 3 rings (SSSR count). The van der Waals surface area contributed by atoms with E-state index in [4.69, 9.17) is 17.3 Å². The first-order valence-corrected chi connectivity index (χ1v) is 6.27. The number of halogens is 1. The molecule has 0 unspecified atom stereocenters. The van der Waals surface area contributed by atoms with Crippen LogP contribution in [0.4, 0.5) is 17.1 Å². The van der Waals surface area contributed by atoms with Crippen LogP contribution in [-0.2, 0) is 0 Å². The van der Waals surface area contributed by atoms with Crippen LogP contribution in [0.15, 0.2) is 54.7 Å². The lowest BCUT2D eigenvalue weighted by atomic mass is 10.2. The molecule has 2 aromatic carbocycles. The Morgan fingerprint density at radius 1 is 1.05 bits per heavy atom. The summed E-state index contributed by atoms with van der Waals surface area (Å²) in [5.74, 6) is 0. The van der Waals surface area contributed by atoms with Gasteiger partial charge in [0.1, 0.15) is 0 Å². The molecule has 3 aromatic rings. The van der Waals surface area contributed by atoms with Gasteiger partial charge in [-0.3, -0.25) is 4.98 Å². The number of pyridine rings is 1. The van der Waals surface area contributed by atoms with Crippen LogP contribution in [0, 0.1) is 0 Å². The van der Waals surface area contributed by atoms with Gasteiger partial charge < -0.3 is 11.1 Å². The first-order chi connectivity index (χ1) is 9.22. The summed E-state index contributed by atoms with van der Waals surface area (Å²) in [5.41, 5.74) is 9.32. The number of nitrogens with one attached hydrogen (secondary N) is 1. The number of fused-ring (bicyclic) bond motifs is 1. The fraction of sp³-hybridized carbons (Fsp3) is 0. The van der Waals surface area contributed by atoms with Gasteiger partial charge >= 0.3 is 0 Å². The molecule has 1 heterocycles. The molecule has 0 saturated carbocycles. The van der Waals surface area contributed by atoms with Crippen LogP contribution < -0.4 is 11.1 Å². The molecule has 0 bridgehead atoms. The molecule has 3 nitrogen and oxygen atoms in total. The Labute approximate surface area is 116 Å². The second-order valence-electron chi connectivity index (χ2n) is 4.27. The van der Waals surface area contributed by atoms with E-state index >= 15 is 0 Å². The molecular weight excluding hydrogens is 258 g/mol. The maximum atomic E-state index is 5.92. The highest BCUT2D eigenvalue weighted by molar-refractivity contribution is 6.31. The Morgan fingerprint density at radius 2 is 1.95 bits per heavy atom. The second kappa shape index (κ2) is 4.78. The van der Waals surface area contributed by atoms with Crippen molar-refractivity contribution in [2.45, 2.75) is 0 Å². The Kier molecular flexibility index (Phi) is 2.97. The first-order valence-electron chi connectivity index (χ1n) is 5.89. The van der Waals surface area contributed by atoms with Crippen LogP contribution in [0.3, 0.4) is 0 Å². The minimum atomic E-state index is 0.624. The van der Waals surface area contributed by atoms with Crippen molar-refractivity contribution in [2.24, 2.45) is 0 Å². The van der Waals surface area contributed by atoms with Gasteiger partial charge in [0.25, 0.3) is 0 Å². The van der Waals surface area contributed by atoms with E-state index in [0.29, 0.717) is 10.7 Å². The monoisotopic (exact) mass is 269 g/mol. The third-order valence-electron chi connectivity index (χ3n) is 2.90. The molecule has 0 fully saturated rings. The minimum Gasteiger partial charge on any atom is -0.397 e. The minimum absolute atomic E-state index is 0.624. The van der Waals surface area contributed by atoms with Gasteiger partial charge in [-0.2, -0.15) is 0 Å². The van der Waals surface area contributed by atoms with E-state index in [9.17, 15) is 0 Å². The van der Waals surface area contributed by atoms with Crippen molar-refractivity contribution in [1.82, 2.24) is 4.98 Å². The summed E-state index contributed by atoms with van der Waals surface area (Å²) in [6.07, 6.45) is 1.78. The molecule has 19 heavy (non-hydrogen) atoms. The van der Waals surface area contributed by atoms with Crippen molar-refractivity contribution >= 4 is 39.6 Å². The molecule has 0 spiro atoms. The van der Waals surface area contributed by atoms with Gasteiger partial charge in [-0.05, 0) is 42.5 Å². The van der Waals surface area contributed by atoms with Crippen molar-refractivity contribution in [3.05, 3.63) is 59.8 Å². The maximum absolute atomic E-state index is 5.92. The number of rotatable bonds is 2. The summed E-state index contributed by atoms with van der Waals surface area (Å²) < 4.78 is 0. The topological polar surface area (TPSA) is 50.9 Å². The van der Waals surface area contributed by atoms with Crippen LogP contribution in [0.25, 0.3) is 10.9 Å². The molecule has 0 aliphatic carbocycles. The number of nitrogens with two attached hydrogens (primary N) is 1. The van der Waals surface area contributed by atoms with Crippen LogP contribution in [0.2, 0.25) is 5.02 Å². The number of hydrogen-bond acceptors (Lipinski definition) is 3. The van der Waals surface area contributed by atoms with Gasteiger partial charge in [-0.25, -0.2) is 0 Å². The summed E-state index contributed by atoms with van der Waals surface area (Å²) in [7, 11) is 0. The van der Waals surface area contributed by atoms with E-state index in [0.717, 1.165) is 22.3 Å². The molecule has 94 valence electrons. The lowest BCUT2D eigenvalue weighted by Gasteiger charge is -2.10. The van der Waals surface area contributed by atoms with E-state index in [1.54, 1.807) is 12.3 Å². The lowest BCUT2D eigenvalue weighted by Crippen LogP contribution is -1.96. The Morgan fingerprint density at radius 3 is 2.79 bits per heavy atom. The fourth-order valence-electron chi connectivity index (χ4n) is 1.96. The Balaban J connectivity index is 1.96. The third kappa shape index (κ3) is 2.46. The van der Waals surface area contributed by atoms with Crippen LogP contribution in [0.5, 0.6) is 0 Å². The molecule has 0 saturated heterocycles. The smallest absolute Gasteiger partial charge is 0.0703 e. The highest BCUT2D eigenvalue weighted by atomic mass is 35.5. The third-order valence-corrected chi connectivity index (χ3v) is 3.13. The van der Waals surface area contributed by atoms with Crippen molar-refractivity contribution in [1.29, 1.82) is 0 Å². The van der Waals surface area contributed by atoms with E-state index in [2.05, 4.69) is 10.3 Å². The Bertz CT molecular complexity index is 740. The average Bonchev–Trinajstić information content (AvgIpc) is 2.42. The van der Waals surface area contributed by atoms with E-state index in [1.807, 2.05) is 42.5 Å². The normalized spacial score (nSPS) is 10.6. The maximum Gasteiger partial charge on any atom is 0.0703 e. The van der Waals surface area contributed by atoms with Gasteiger partial charge in [0.05, 0.1) is 16.9 Å². The SMILES string of the molecule is Nc1cc(Cl)ccc1Nc1ccc2ncccc2c1. The van der Waals surface area contributed by atoms with E-state index in [-0.39, 0.29) is 0 Å². The lowest BCUT2D eigenvalue weighted by molar-refractivity contribution is 1.41. The molecule has 0 aliphatic rings. The molecule has 0 aliphatic heterocycles. The van der Waals surface area contributed by atoms with Crippen molar-refractivity contribution in [2.75, 3.05) is 11.1 Å². The number of nitrogen functional groups attached to an aromatic ring is 1. The molecule has 0 radical (unpaired) electrons. The fourth-order valence-corrected chi connectivity index (χ4v) is 2.14. The van der Waals surface area contributed by atoms with Crippen molar-refractivity contribution < 1.29 is 0 Å². The van der Waals surface area contributed by atoms with Gasteiger partial charge in [-0.15, -0.1) is 0 Å². The average molecular weight is 270 g/mol. The second-order valence-corrected chi connectivity index (χ2v) is 4.70. The summed E-state index contributed by atoms with van der Waals surface area (Å²) in [6, 6.07) is 15.3. The predicted octanol–water partition coefficient (Wildman–Crippen LogP) is 4.21. The first kappa shape index (κ1) is 11.8.